The summed E-state index contributed by atoms with van der Waals surface area (Å²) in [5, 5.41) is 5.44. The minimum Gasteiger partial charge on any atom is -0.462 e. The molecule has 1 aromatic rings. The van der Waals surface area contributed by atoms with Crippen LogP contribution in [0.25, 0.3) is 0 Å². The standard InChI is InChI=1S/C16H19ClN2O4/c1-4-8-23-16(22)12(10(2)20)9-19-13-7-5-6-11(14(13)17)15(21)18-3/h5-7,9,19H,4,8H2,1-3H3,(H,18,21). The van der Waals surface area contributed by atoms with Crippen molar-refractivity contribution in [3.63, 3.8) is 0 Å². The molecule has 6 nitrogen and oxygen atoms in total. The minimum absolute atomic E-state index is 0.125. The topological polar surface area (TPSA) is 84.5 Å². The molecule has 2 N–H and O–H groups in total. The number of halogens is 1. The number of ether oxygens (including phenoxy) is 1. The van der Waals surface area contributed by atoms with Crippen molar-refractivity contribution in [3.05, 3.63) is 40.6 Å². The molecule has 1 rings (SSSR count). The number of hydrogen-bond acceptors (Lipinski definition) is 5. The molecule has 124 valence electrons. The van der Waals surface area contributed by atoms with Crippen molar-refractivity contribution in [1.29, 1.82) is 0 Å². The molecule has 0 spiro atoms. The fourth-order valence-electron chi connectivity index (χ4n) is 1.68. The number of benzene rings is 1. The van der Waals surface area contributed by atoms with Gasteiger partial charge >= 0.3 is 5.97 Å². The molecule has 0 heterocycles. The summed E-state index contributed by atoms with van der Waals surface area (Å²) in [6, 6.07) is 4.83. The number of Topliss-reactive ketones (excluding diaryl/α,β-unsaturated/α-hetero) is 1. The van der Waals surface area contributed by atoms with Crippen molar-refractivity contribution in [2.45, 2.75) is 20.3 Å². The Hall–Kier alpha value is -2.34. The second-order valence-corrected chi connectivity index (χ2v) is 5.02. The van der Waals surface area contributed by atoms with E-state index in [1.54, 1.807) is 18.2 Å². The zero-order valence-electron chi connectivity index (χ0n) is 13.2. The predicted octanol–water partition coefficient (Wildman–Crippen LogP) is 2.54. The molecule has 0 saturated carbocycles. The summed E-state index contributed by atoms with van der Waals surface area (Å²) in [6.07, 6.45) is 1.89. The van der Waals surface area contributed by atoms with Gasteiger partial charge in [0.2, 0.25) is 0 Å². The molecular formula is C16H19ClN2O4. The number of ketones is 1. The zero-order chi connectivity index (χ0) is 17.4. The molecule has 0 atom stereocenters. The molecule has 0 radical (unpaired) electrons. The van der Waals surface area contributed by atoms with Crippen LogP contribution in [0.2, 0.25) is 5.02 Å². The monoisotopic (exact) mass is 338 g/mol. The van der Waals surface area contributed by atoms with Crippen molar-refractivity contribution in [3.8, 4) is 0 Å². The second-order valence-electron chi connectivity index (χ2n) is 4.64. The highest BCUT2D eigenvalue weighted by Gasteiger charge is 2.17. The maximum atomic E-state index is 11.8. The summed E-state index contributed by atoms with van der Waals surface area (Å²) in [5.41, 5.74) is 0.556. The van der Waals surface area contributed by atoms with Crippen LogP contribution in [0.15, 0.2) is 30.0 Å². The average molecular weight is 339 g/mol. The van der Waals surface area contributed by atoms with Crippen LogP contribution in [0.5, 0.6) is 0 Å². The highest BCUT2D eigenvalue weighted by molar-refractivity contribution is 6.36. The maximum Gasteiger partial charge on any atom is 0.343 e. The molecule has 0 aliphatic carbocycles. The first kappa shape index (κ1) is 18.7. The van der Waals surface area contributed by atoms with Gasteiger partial charge in [-0.25, -0.2) is 4.79 Å². The third-order valence-electron chi connectivity index (χ3n) is 2.88. The van der Waals surface area contributed by atoms with Crippen LogP contribution in [0, 0.1) is 0 Å². The summed E-state index contributed by atoms with van der Waals surface area (Å²) < 4.78 is 4.95. The summed E-state index contributed by atoms with van der Waals surface area (Å²) in [5.74, 6) is -1.47. The maximum absolute atomic E-state index is 11.8. The Kier molecular flexibility index (Phi) is 7.28. The number of anilines is 1. The number of amides is 1. The lowest BCUT2D eigenvalue weighted by Crippen LogP contribution is -2.18. The fourth-order valence-corrected chi connectivity index (χ4v) is 1.95. The van der Waals surface area contributed by atoms with Crippen LogP contribution in [-0.2, 0) is 14.3 Å². The van der Waals surface area contributed by atoms with E-state index in [1.807, 2.05) is 6.92 Å². The lowest BCUT2D eigenvalue weighted by atomic mass is 10.1. The van der Waals surface area contributed by atoms with Gasteiger partial charge in [-0.1, -0.05) is 24.6 Å². The van der Waals surface area contributed by atoms with Crippen molar-refractivity contribution in [2.24, 2.45) is 0 Å². The zero-order valence-corrected chi connectivity index (χ0v) is 14.0. The van der Waals surface area contributed by atoms with Gasteiger partial charge in [-0.3, -0.25) is 9.59 Å². The number of carbonyl (C=O) groups excluding carboxylic acids is 3. The van der Waals surface area contributed by atoms with Gasteiger partial charge in [-0.15, -0.1) is 0 Å². The Bertz CT molecular complexity index is 641. The summed E-state index contributed by atoms with van der Waals surface area (Å²) >= 11 is 6.15. The Morgan fingerprint density at radius 3 is 2.57 bits per heavy atom. The normalized spacial score (nSPS) is 10.9. The predicted molar refractivity (Wildman–Crippen MR) is 88.5 cm³/mol. The molecule has 0 aliphatic rings. The highest BCUT2D eigenvalue weighted by Crippen LogP contribution is 2.26. The molecule has 0 bridgehead atoms. The molecule has 0 fully saturated rings. The van der Waals surface area contributed by atoms with Gasteiger partial charge in [0.1, 0.15) is 5.57 Å². The molecule has 7 heteroatoms. The van der Waals surface area contributed by atoms with E-state index in [4.69, 9.17) is 16.3 Å². The van der Waals surface area contributed by atoms with Gasteiger partial charge in [-0.05, 0) is 25.5 Å². The van der Waals surface area contributed by atoms with Gasteiger partial charge in [0, 0.05) is 13.2 Å². The lowest BCUT2D eigenvalue weighted by Gasteiger charge is -2.10. The van der Waals surface area contributed by atoms with E-state index in [9.17, 15) is 14.4 Å². The molecule has 0 unspecified atom stereocenters. The molecule has 0 saturated heterocycles. The second kappa shape index (κ2) is 8.95. The van der Waals surface area contributed by atoms with Crippen LogP contribution < -0.4 is 10.6 Å². The molecule has 0 aliphatic heterocycles. The van der Waals surface area contributed by atoms with Crippen LogP contribution >= 0.6 is 11.6 Å². The Morgan fingerprint density at radius 2 is 2.00 bits per heavy atom. The van der Waals surface area contributed by atoms with E-state index in [2.05, 4.69) is 10.6 Å². The quantitative estimate of drug-likeness (QED) is 0.345. The first-order valence-electron chi connectivity index (χ1n) is 7.07. The van der Waals surface area contributed by atoms with Crippen molar-refractivity contribution < 1.29 is 19.1 Å². The number of nitrogens with one attached hydrogen (secondary N) is 2. The third-order valence-corrected chi connectivity index (χ3v) is 3.29. The third kappa shape index (κ3) is 5.10. The largest absolute Gasteiger partial charge is 0.462 e. The van der Waals surface area contributed by atoms with E-state index in [1.165, 1.54) is 20.2 Å². The minimum atomic E-state index is -0.703. The van der Waals surface area contributed by atoms with E-state index in [0.29, 0.717) is 12.1 Å². The Labute approximate surface area is 139 Å². The highest BCUT2D eigenvalue weighted by atomic mass is 35.5. The van der Waals surface area contributed by atoms with E-state index >= 15 is 0 Å². The Balaban J connectivity index is 3.03. The van der Waals surface area contributed by atoms with Crippen LogP contribution in [0.3, 0.4) is 0 Å². The Morgan fingerprint density at radius 1 is 1.30 bits per heavy atom. The number of esters is 1. The van der Waals surface area contributed by atoms with Crippen LogP contribution in [0.4, 0.5) is 5.69 Å². The van der Waals surface area contributed by atoms with Crippen molar-refractivity contribution in [2.75, 3.05) is 19.0 Å². The first-order chi connectivity index (χ1) is 10.9. The van der Waals surface area contributed by atoms with E-state index in [-0.39, 0.29) is 28.7 Å². The van der Waals surface area contributed by atoms with Crippen molar-refractivity contribution in [1.82, 2.24) is 5.32 Å². The van der Waals surface area contributed by atoms with Gasteiger partial charge < -0.3 is 15.4 Å². The van der Waals surface area contributed by atoms with Gasteiger partial charge in [0.15, 0.2) is 5.78 Å². The summed E-state index contributed by atoms with van der Waals surface area (Å²) in [4.78, 5) is 35.1. The molecule has 23 heavy (non-hydrogen) atoms. The smallest absolute Gasteiger partial charge is 0.343 e. The van der Waals surface area contributed by atoms with Crippen LogP contribution in [0.1, 0.15) is 30.6 Å². The van der Waals surface area contributed by atoms with Gasteiger partial charge in [-0.2, -0.15) is 0 Å². The SMILES string of the molecule is CCCOC(=O)C(=CNc1cccc(C(=O)NC)c1Cl)C(C)=O. The first-order valence-corrected chi connectivity index (χ1v) is 7.45. The summed E-state index contributed by atoms with van der Waals surface area (Å²) in [7, 11) is 1.50. The van der Waals surface area contributed by atoms with Gasteiger partial charge in [0.25, 0.3) is 5.91 Å². The molecule has 1 amide bonds. The molecule has 0 aromatic heterocycles. The van der Waals surface area contributed by atoms with Gasteiger partial charge in [0.05, 0.1) is 22.9 Å². The number of carbonyl (C=O) groups is 3. The number of rotatable bonds is 7. The summed E-state index contributed by atoms with van der Waals surface area (Å²) in [6.45, 7) is 3.35. The molecular weight excluding hydrogens is 320 g/mol. The number of hydrogen-bond donors (Lipinski definition) is 2. The van der Waals surface area contributed by atoms with E-state index in [0.717, 1.165) is 0 Å². The average Bonchev–Trinajstić information content (AvgIpc) is 2.53. The lowest BCUT2D eigenvalue weighted by molar-refractivity contribution is -0.140. The fraction of sp³-hybridized carbons (Fsp3) is 0.312. The van der Waals surface area contributed by atoms with Crippen LogP contribution in [-0.4, -0.2) is 31.3 Å². The molecule has 1 aromatic carbocycles. The van der Waals surface area contributed by atoms with E-state index < -0.39 is 11.8 Å². The van der Waals surface area contributed by atoms with Crippen molar-refractivity contribution >= 4 is 34.9 Å².